The number of nitrogens with two attached hydrogens (primary N) is 1. The topological polar surface area (TPSA) is 39.2 Å². The van der Waals surface area contributed by atoms with E-state index in [1.165, 1.54) is 23.8 Å². The van der Waals surface area contributed by atoms with Crippen LogP contribution < -0.4 is 5.73 Å². The van der Waals surface area contributed by atoms with Gasteiger partial charge >= 0.3 is 0 Å². The van der Waals surface area contributed by atoms with Gasteiger partial charge in [0.05, 0.1) is 6.04 Å². The fourth-order valence-electron chi connectivity index (χ4n) is 2.29. The van der Waals surface area contributed by atoms with Crippen LogP contribution in [-0.4, -0.2) is 0 Å². The first kappa shape index (κ1) is 13.2. The van der Waals surface area contributed by atoms with Gasteiger partial charge in [-0.1, -0.05) is 32.8 Å². The molecular weight excluding hydrogens is 222 g/mol. The Morgan fingerprint density at radius 1 is 1.17 bits per heavy atom. The summed E-state index contributed by atoms with van der Waals surface area (Å²) in [4.78, 5) is 0. The molecule has 18 heavy (non-hydrogen) atoms. The highest BCUT2D eigenvalue weighted by atomic mass is 16.3. The number of benzene rings is 1. The standard InChI is InChI=1S/C16H23NO/c1-3-5-7-12-8-9-15-13(10-12)11-16(18-15)14(17)6-4-2/h8-11,14H,3-7,17H2,1-2H3. The quantitative estimate of drug-likeness (QED) is 0.809. The summed E-state index contributed by atoms with van der Waals surface area (Å²) in [5.74, 6) is 0.916. The van der Waals surface area contributed by atoms with Crippen molar-refractivity contribution in [1.29, 1.82) is 0 Å². The Hall–Kier alpha value is -1.28. The number of aryl methyl sites for hydroxylation is 1. The molecule has 0 saturated carbocycles. The molecule has 1 aromatic heterocycles. The maximum Gasteiger partial charge on any atom is 0.134 e. The van der Waals surface area contributed by atoms with Crippen molar-refractivity contribution >= 4 is 11.0 Å². The van der Waals surface area contributed by atoms with E-state index < -0.39 is 0 Å². The number of fused-ring (bicyclic) bond motifs is 1. The van der Waals surface area contributed by atoms with E-state index in [4.69, 9.17) is 10.2 Å². The van der Waals surface area contributed by atoms with Gasteiger partial charge in [0.15, 0.2) is 0 Å². The molecular formula is C16H23NO. The highest BCUT2D eigenvalue weighted by Crippen LogP contribution is 2.26. The lowest BCUT2D eigenvalue weighted by molar-refractivity contribution is 0.475. The summed E-state index contributed by atoms with van der Waals surface area (Å²) in [6, 6.07) is 8.60. The minimum atomic E-state index is 0.0292. The van der Waals surface area contributed by atoms with E-state index in [1.807, 2.05) is 0 Å². The smallest absolute Gasteiger partial charge is 0.134 e. The van der Waals surface area contributed by atoms with Gasteiger partial charge in [-0.25, -0.2) is 0 Å². The molecule has 0 amide bonds. The number of hydrogen-bond donors (Lipinski definition) is 1. The van der Waals surface area contributed by atoms with Crippen molar-refractivity contribution in [2.24, 2.45) is 5.73 Å². The molecule has 2 nitrogen and oxygen atoms in total. The first-order valence-corrected chi connectivity index (χ1v) is 7.02. The zero-order valence-corrected chi connectivity index (χ0v) is 11.4. The van der Waals surface area contributed by atoms with Gasteiger partial charge in [0.25, 0.3) is 0 Å². The van der Waals surface area contributed by atoms with Crippen molar-refractivity contribution in [3.05, 3.63) is 35.6 Å². The Labute approximate surface area is 109 Å². The zero-order valence-electron chi connectivity index (χ0n) is 11.4. The number of furan rings is 1. The molecule has 2 rings (SSSR count). The SMILES string of the molecule is CCCCc1ccc2oc(C(N)CCC)cc2c1. The predicted molar refractivity (Wildman–Crippen MR) is 76.7 cm³/mol. The summed E-state index contributed by atoms with van der Waals surface area (Å²) >= 11 is 0. The van der Waals surface area contributed by atoms with E-state index in [0.29, 0.717) is 0 Å². The first-order valence-electron chi connectivity index (χ1n) is 7.02. The Balaban J connectivity index is 2.22. The summed E-state index contributed by atoms with van der Waals surface area (Å²) in [6.07, 6.45) is 5.68. The predicted octanol–water partition coefficient (Wildman–Crippen LogP) is 4.58. The van der Waals surface area contributed by atoms with Crippen LogP contribution >= 0.6 is 0 Å². The Kier molecular flexibility index (Phi) is 4.43. The molecule has 0 fully saturated rings. The second kappa shape index (κ2) is 6.05. The Morgan fingerprint density at radius 3 is 2.72 bits per heavy atom. The van der Waals surface area contributed by atoms with Gasteiger partial charge in [0.1, 0.15) is 11.3 Å². The molecule has 1 unspecified atom stereocenters. The van der Waals surface area contributed by atoms with Gasteiger partial charge in [-0.15, -0.1) is 0 Å². The molecule has 0 bridgehead atoms. The minimum absolute atomic E-state index is 0.0292. The molecule has 0 aliphatic heterocycles. The monoisotopic (exact) mass is 245 g/mol. The van der Waals surface area contributed by atoms with E-state index in [9.17, 15) is 0 Å². The van der Waals surface area contributed by atoms with Crippen molar-refractivity contribution in [2.75, 3.05) is 0 Å². The van der Waals surface area contributed by atoms with E-state index in [2.05, 4.69) is 38.1 Å². The Bertz CT molecular complexity index is 501. The van der Waals surface area contributed by atoms with E-state index in [0.717, 1.165) is 30.6 Å². The van der Waals surface area contributed by atoms with Crippen LogP contribution in [-0.2, 0) is 6.42 Å². The van der Waals surface area contributed by atoms with Gasteiger partial charge in [-0.05, 0) is 43.0 Å². The molecule has 0 radical (unpaired) electrons. The lowest BCUT2D eigenvalue weighted by Gasteiger charge is -2.04. The van der Waals surface area contributed by atoms with Crippen LogP contribution in [0.15, 0.2) is 28.7 Å². The van der Waals surface area contributed by atoms with Crippen LogP contribution in [0.1, 0.15) is 56.9 Å². The van der Waals surface area contributed by atoms with Crippen molar-refractivity contribution in [3.63, 3.8) is 0 Å². The third-order valence-corrected chi connectivity index (χ3v) is 3.38. The van der Waals surface area contributed by atoms with Crippen LogP contribution in [0.2, 0.25) is 0 Å². The van der Waals surface area contributed by atoms with E-state index in [-0.39, 0.29) is 6.04 Å². The van der Waals surface area contributed by atoms with Gasteiger partial charge in [0, 0.05) is 5.39 Å². The van der Waals surface area contributed by atoms with Crippen LogP contribution in [0.4, 0.5) is 0 Å². The van der Waals surface area contributed by atoms with Crippen LogP contribution in [0, 0.1) is 0 Å². The van der Waals surface area contributed by atoms with E-state index >= 15 is 0 Å². The number of hydrogen-bond acceptors (Lipinski definition) is 2. The lowest BCUT2D eigenvalue weighted by atomic mass is 10.1. The third-order valence-electron chi connectivity index (χ3n) is 3.38. The Morgan fingerprint density at radius 2 is 2.00 bits per heavy atom. The van der Waals surface area contributed by atoms with Gasteiger partial charge in [-0.3, -0.25) is 0 Å². The molecule has 2 heteroatoms. The second-order valence-electron chi connectivity index (χ2n) is 5.02. The molecule has 0 saturated heterocycles. The normalized spacial score (nSPS) is 13.1. The van der Waals surface area contributed by atoms with Crippen molar-refractivity contribution in [2.45, 2.75) is 52.0 Å². The fourth-order valence-corrected chi connectivity index (χ4v) is 2.29. The molecule has 0 spiro atoms. The largest absolute Gasteiger partial charge is 0.459 e. The molecule has 2 aromatic rings. The molecule has 1 heterocycles. The molecule has 0 aliphatic rings. The van der Waals surface area contributed by atoms with Crippen LogP contribution in [0.5, 0.6) is 0 Å². The van der Waals surface area contributed by atoms with Gasteiger partial charge in [0.2, 0.25) is 0 Å². The van der Waals surface area contributed by atoms with Gasteiger partial charge < -0.3 is 10.2 Å². The molecule has 0 aliphatic carbocycles. The number of rotatable bonds is 6. The lowest BCUT2D eigenvalue weighted by Crippen LogP contribution is -2.08. The molecule has 2 N–H and O–H groups in total. The molecule has 1 aromatic carbocycles. The zero-order chi connectivity index (χ0) is 13.0. The van der Waals surface area contributed by atoms with Crippen LogP contribution in [0.25, 0.3) is 11.0 Å². The summed E-state index contributed by atoms with van der Waals surface area (Å²) in [5, 5.41) is 1.19. The number of unbranched alkanes of at least 4 members (excludes halogenated alkanes) is 1. The molecule has 98 valence electrons. The second-order valence-corrected chi connectivity index (χ2v) is 5.02. The van der Waals surface area contributed by atoms with E-state index in [1.54, 1.807) is 0 Å². The highest BCUT2D eigenvalue weighted by molar-refractivity contribution is 5.78. The maximum atomic E-state index is 6.09. The summed E-state index contributed by atoms with van der Waals surface area (Å²) in [7, 11) is 0. The summed E-state index contributed by atoms with van der Waals surface area (Å²) in [5.41, 5.74) is 8.44. The van der Waals surface area contributed by atoms with Gasteiger partial charge in [-0.2, -0.15) is 0 Å². The first-order chi connectivity index (χ1) is 8.74. The van der Waals surface area contributed by atoms with Crippen molar-refractivity contribution < 1.29 is 4.42 Å². The van der Waals surface area contributed by atoms with Crippen LogP contribution in [0.3, 0.4) is 0 Å². The maximum absolute atomic E-state index is 6.09. The summed E-state index contributed by atoms with van der Waals surface area (Å²) in [6.45, 7) is 4.36. The fraction of sp³-hybridized carbons (Fsp3) is 0.500. The molecule has 1 atom stereocenters. The van der Waals surface area contributed by atoms with Crippen molar-refractivity contribution in [1.82, 2.24) is 0 Å². The highest BCUT2D eigenvalue weighted by Gasteiger charge is 2.11. The average Bonchev–Trinajstić information content (AvgIpc) is 2.79. The third kappa shape index (κ3) is 2.94. The van der Waals surface area contributed by atoms with Crippen molar-refractivity contribution in [3.8, 4) is 0 Å². The minimum Gasteiger partial charge on any atom is -0.459 e. The average molecular weight is 245 g/mol. The summed E-state index contributed by atoms with van der Waals surface area (Å²) < 4.78 is 5.82.